The number of nitrogens with one attached hydrogen (secondary N) is 2. The van der Waals surface area contributed by atoms with Gasteiger partial charge in [0, 0.05) is 20.2 Å². The number of aliphatic imine (C=N–C) groups is 1. The van der Waals surface area contributed by atoms with Crippen molar-refractivity contribution in [2.75, 3.05) is 26.7 Å². The van der Waals surface area contributed by atoms with E-state index in [4.69, 9.17) is 4.74 Å². The molecule has 0 radical (unpaired) electrons. The summed E-state index contributed by atoms with van der Waals surface area (Å²) in [6, 6.07) is 2.18. The summed E-state index contributed by atoms with van der Waals surface area (Å²) in [7, 11) is 1.72. The first kappa shape index (κ1) is 17.0. The summed E-state index contributed by atoms with van der Waals surface area (Å²) in [4.78, 5) is 4.58. The van der Waals surface area contributed by atoms with Gasteiger partial charge in [-0.2, -0.15) is 11.3 Å². The zero-order valence-electron chi connectivity index (χ0n) is 13.2. The van der Waals surface area contributed by atoms with Gasteiger partial charge >= 0.3 is 0 Å². The zero-order valence-corrected chi connectivity index (χ0v) is 14.0. The van der Waals surface area contributed by atoms with Gasteiger partial charge in [-0.05, 0) is 49.1 Å². The van der Waals surface area contributed by atoms with E-state index < -0.39 is 0 Å². The molecule has 20 heavy (non-hydrogen) atoms. The van der Waals surface area contributed by atoms with Gasteiger partial charge in [-0.25, -0.2) is 0 Å². The van der Waals surface area contributed by atoms with Crippen LogP contribution in [0, 0.1) is 0 Å². The molecule has 1 unspecified atom stereocenters. The van der Waals surface area contributed by atoms with Crippen molar-refractivity contribution < 1.29 is 4.74 Å². The van der Waals surface area contributed by atoms with Crippen LogP contribution in [0.5, 0.6) is 0 Å². The van der Waals surface area contributed by atoms with E-state index in [0.717, 1.165) is 19.0 Å². The predicted molar refractivity (Wildman–Crippen MR) is 87.8 cm³/mol. The monoisotopic (exact) mass is 297 g/mol. The molecule has 0 bridgehead atoms. The molecular formula is C15H27N3OS. The van der Waals surface area contributed by atoms with Crippen LogP contribution in [0.1, 0.15) is 39.2 Å². The molecule has 0 saturated heterocycles. The Hall–Kier alpha value is -1.07. The largest absolute Gasteiger partial charge is 0.377 e. The van der Waals surface area contributed by atoms with Crippen LogP contribution in [0.2, 0.25) is 0 Å². The quantitative estimate of drug-likeness (QED) is 0.601. The molecule has 5 heteroatoms. The first-order chi connectivity index (χ1) is 9.48. The molecule has 0 amide bonds. The summed E-state index contributed by atoms with van der Waals surface area (Å²) in [6.45, 7) is 10.7. The molecule has 1 rings (SSSR count). The second-order valence-corrected chi connectivity index (χ2v) is 6.28. The van der Waals surface area contributed by atoms with Crippen molar-refractivity contribution in [3.63, 3.8) is 0 Å². The van der Waals surface area contributed by atoms with Crippen molar-refractivity contribution in [2.45, 2.75) is 39.2 Å². The summed E-state index contributed by atoms with van der Waals surface area (Å²) in [5, 5.41) is 11.0. The van der Waals surface area contributed by atoms with E-state index in [1.54, 1.807) is 18.4 Å². The van der Waals surface area contributed by atoms with Crippen molar-refractivity contribution >= 4 is 17.3 Å². The van der Waals surface area contributed by atoms with Gasteiger partial charge in [0.2, 0.25) is 0 Å². The Morgan fingerprint density at radius 1 is 1.45 bits per heavy atom. The van der Waals surface area contributed by atoms with Gasteiger partial charge in [-0.1, -0.05) is 6.92 Å². The third-order valence-corrected chi connectivity index (χ3v) is 3.90. The summed E-state index contributed by atoms with van der Waals surface area (Å²) in [6.07, 6.45) is 0. The Kier molecular flexibility index (Phi) is 7.02. The van der Waals surface area contributed by atoms with E-state index in [-0.39, 0.29) is 5.60 Å². The van der Waals surface area contributed by atoms with Gasteiger partial charge in [0.15, 0.2) is 5.96 Å². The summed E-state index contributed by atoms with van der Waals surface area (Å²) < 4.78 is 5.39. The normalized spacial score (nSPS) is 14.2. The van der Waals surface area contributed by atoms with Crippen LogP contribution >= 0.6 is 11.3 Å². The maximum Gasteiger partial charge on any atom is 0.191 e. The zero-order chi connectivity index (χ0) is 15.0. The minimum absolute atomic E-state index is 0.235. The standard InChI is InChI=1S/C15H27N3OS/c1-6-16-14(18-11-15(3,4)19-5)17-9-12(2)13-7-8-20-10-13/h7-8,10,12H,6,9,11H2,1-5H3,(H2,16,17,18). The fourth-order valence-electron chi connectivity index (χ4n) is 1.60. The second-order valence-electron chi connectivity index (χ2n) is 5.50. The Balaban J connectivity index is 2.52. The number of rotatable bonds is 7. The minimum atomic E-state index is -0.235. The van der Waals surface area contributed by atoms with Crippen LogP contribution in [0.15, 0.2) is 21.8 Å². The van der Waals surface area contributed by atoms with Gasteiger partial charge in [-0.3, -0.25) is 4.99 Å². The lowest BCUT2D eigenvalue weighted by molar-refractivity contribution is 0.0310. The minimum Gasteiger partial charge on any atom is -0.377 e. The second kappa shape index (κ2) is 8.27. The highest BCUT2D eigenvalue weighted by atomic mass is 32.1. The third-order valence-electron chi connectivity index (χ3n) is 3.20. The molecule has 0 aliphatic carbocycles. The number of guanidine groups is 1. The third kappa shape index (κ3) is 5.92. The number of nitrogens with zero attached hydrogens (tertiary/aromatic N) is 1. The average Bonchev–Trinajstić information content (AvgIpc) is 2.96. The Morgan fingerprint density at radius 3 is 2.75 bits per heavy atom. The van der Waals surface area contributed by atoms with Crippen molar-refractivity contribution in [3.05, 3.63) is 22.4 Å². The van der Waals surface area contributed by atoms with Gasteiger partial charge in [0.25, 0.3) is 0 Å². The highest BCUT2D eigenvalue weighted by Crippen LogP contribution is 2.17. The lowest BCUT2D eigenvalue weighted by Gasteiger charge is -2.21. The van der Waals surface area contributed by atoms with Crippen LogP contribution in [0.25, 0.3) is 0 Å². The Labute approximate surface area is 126 Å². The highest BCUT2D eigenvalue weighted by molar-refractivity contribution is 7.07. The van der Waals surface area contributed by atoms with Gasteiger partial charge in [0.05, 0.1) is 12.1 Å². The Bertz CT molecular complexity index is 401. The van der Waals surface area contributed by atoms with Crippen LogP contribution in [-0.2, 0) is 4.74 Å². The molecule has 114 valence electrons. The van der Waals surface area contributed by atoms with Crippen molar-refractivity contribution in [3.8, 4) is 0 Å². The number of hydrogen-bond donors (Lipinski definition) is 2. The molecule has 0 spiro atoms. The van der Waals surface area contributed by atoms with E-state index in [1.807, 2.05) is 13.8 Å². The van der Waals surface area contributed by atoms with Crippen LogP contribution in [-0.4, -0.2) is 38.3 Å². The molecule has 1 heterocycles. The van der Waals surface area contributed by atoms with E-state index in [1.165, 1.54) is 5.56 Å². The van der Waals surface area contributed by atoms with Crippen LogP contribution < -0.4 is 10.6 Å². The molecule has 0 fully saturated rings. The lowest BCUT2D eigenvalue weighted by Crippen LogP contribution is -2.40. The summed E-state index contributed by atoms with van der Waals surface area (Å²) in [5.74, 6) is 1.32. The maximum atomic E-state index is 5.39. The molecule has 0 aromatic carbocycles. The molecule has 4 nitrogen and oxygen atoms in total. The predicted octanol–water partition coefficient (Wildman–Crippen LogP) is 2.83. The number of methoxy groups -OCH3 is 1. The van der Waals surface area contributed by atoms with Crippen LogP contribution in [0.4, 0.5) is 0 Å². The highest BCUT2D eigenvalue weighted by Gasteiger charge is 2.16. The molecule has 2 N–H and O–H groups in total. The Morgan fingerprint density at radius 2 is 2.20 bits per heavy atom. The van der Waals surface area contributed by atoms with Crippen molar-refractivity contribution in [1.29, 1.82) is 0 Å². The van der Waals surface area contributed by atoms with Crippen LogP contribution in [0.3, 0.4) is 0 Å². The first-order valence-electron chi connectivity index (χ1n) is 7.08. The van der Waals surface area contributed by atoms with E-state index in [0.29, 0.717) is 12.5 Å². The van der Waals surface area contributed by atoms with E-state index in [9.17, 15) is 0 Å². The first-order valence-corrected chi connectivity index (χ1v) is 8.02. The molecule has 1 aromatic rings. The fraction of sp³-hybridized carbons (Fsp3) is 0.667. The smallest absolute Gasteiger partial charge is 0.191 e. The van der Waals surface area contributed by atoms with Gasteiger partial charge in [-0.15, -0.1) is 0 Å². The van der Waals surface area contributed by atoms with E-state index in [2.05, 4.69) is 46.3 Å². The summed E-state index contributed by atoms with van der Waals surface area (Å²) in [5.41, 5.74) is 1.14. The summed E-state index contributed by atoms with van der Waals surface area (Å²) >= 11 is 1.74. The molecular weight excluding hydrogens is 270 g/mol. The topological polar surface area (TPSA) is 45.7 Å². The van der Waals surface area contributed by atoms with Crippen molar-refractivity contribution in [2.24, 2.45) is 4.99 Å². The van der Waals surface area contributed by atoms with Gasteiger partial charge in [0.1, 0.15) is 0 Å². The number of hydrogen-bond acceptors (Lipinski definition) is 3. The van der Waals surface area contributed by atoms with Crippen molar-refractivity contribution in [1.82, 2.24) is 10.6 Å². The average molecular weight is 297 g/mol. The number of ether oxygens (including phenoxy) is 1. The molecule has 0 saturated carbocycles. The van der Waals surface area contributed by atoms with E-state index >= 15 is 0 Å². The van der Waals surface area contributed by atoms with Gasteiger partial charge < -0.3 is 15.4 Å². The molecule has 1 atom stereocenters. The molecule has 1 aromatic heterocycles. The lowest BCUT2D eigenvalue weighted by atomic mass is 10.1. The molecule has 0 aliphatic heterocycles. The SMILES string of the molecule is CCNC(=NCC(C)(C)OC)NCC(C)c1ccsc1. The maximum absolute atomic E-state index is 5.39. The molecule has 0 aliphatic rings. The fourth-order valence-corrected chi connectivity index (χ4v) is 2.38. The number of thiophene rings is 1.